The highest BCUT2D eigenvalue weighted by atomic mass is 19.1. The number of carbonyl (C=O) groups is 1. The van der Waals surface area contributed by atoms with Crippen LogP contribution in [0.5, 0.6) is 5.75 Å². The highest BCUT2D eigenvalue weighted by Crippen LogP contribution is 2.23. The van der Waals surface area contributed by atoms with Crippen molar-refractivity contribution >= 4 is 16.9 Å². The van der Waals surface area contributed by atoms with E-state index in [9.17, 15) is 9.18 Å². The zero-order chi connectivity index (χ0) is 14.0. The summed E-state index contributed by atoms with van der Waals surface area (Å²) in [6.07, 6.45) is 1.44. The Morgan fingerprint density at radius 2 is 2.16 bits per heavy atom. The van der Waals surface area contributed by atoms with Crippen molar-refractivity contribution in [3.63, 3.8) is 0 Å². The fraction of sp³-hybridized carbons (Fsp3) is 0.286. The van der Waals surface area contributed by atoms with E-state index >= 15 is 0 Å². The maximum absolute atomic E-state index is 13.4. The fourth-order valence-electron chi connectivity index (χ4n) is 1.66. The van der Waals surface area contributed by atoms with Gasteiger partial charge in [-0.2, -0.15) is 0 Å². The van der Waals surface area contributed by atoms with Gasteiger partial charge in [-0.25, -0.2) is 9.18 Å². The Balaban J connectivity index is 2.38. The van der Waals surface area contributed by atoms with E-state index in [0.29, 0.717) is 16.7 Å². The van der Waals surface area contributed by atoms with Crippen molar-refractivity contribution < 1.29 is 19.0 Å². The number of carboxylic acids is 1. The number of alkyl halides is 1. The van der Waals surface area contributed by atoms with Gasteiger partial charge in [0.05, 0.1) is 11.1 Å². The maximum Gasteiger partial charge on any atom is 0.336 e. The summed E-state index contributed by atoms with van der Waals surface area (Å²) >= 11 is 0. The average molecular weight is 263 g/mol. The zero-order valence-corrected chi connectivity index (χ0v) is 10.7. The van der Waals surface area contributed by atoms with Gasteiger partial charge in [0.15, 0.2) is 0 Å². The smallest absolute Gasteiger partial charge is 0.336 e. The molecule has 0 atom stereocenters. The standard InChI is InChI=1S/C14H14FNO3/c1-14(2,15)8-19-9-3-4-12-11(7-9)10(13(17)18)5-6-16-12/h3-7H,8H2,1-2H3,(H,17,18). The van der Waals surface area contributed by atoms with Crippen LogP contribution in [0.3, 0.4) is 0 Å². The largest absolute Gasteiger partial charge is 0.490 e. The van der Waals surface area contributed by atoms with Crippen LogP contribution in [0.15, 0.2) is 30.5 Å². The van der Waals surface area contributed by atoms with Gasteiger partial charge in [0, 0.05) is 11.6 Å². The number of ether oxygens (including phenoxy) is 1. The van der Waals surface area contributed by atoms with E-state index in [4.69, 9.17) is 9.84 Å². The van der Waals surface area contributed by atoms with Gasteiger partial charge in [0.2, 0.25) is 0 Å². The molecule has 0 spiro atoms. The molecule has 5 heteroatoms. The topological polar surface area (TPSA) is 59.4 Å². The molecule has 0 saturated heterocycles. The van der Waals surface area contributed by atoms with E-state index in [1.807, 2.05) is 0 Å². The molecule has 0 aliphatic carbocycles. The van der Waals surface area contributed by atoms with Crippen LogP contribution < -0.4 is 4.74 Å². The van der Waals surface area contributed by atoms with Crippen LogP contribution in [-0.4, -0.2) is 28.3 Å². The first kappa shape index (κ1) is 13.3. The molecule has 0 aliphatic rings. The Hall–Kier alpha value is -2.17. The summed E-state index contributed by atoms with van der Waals surface area (Å²) in [5.74, 6) is -0.607. The lowest BCUT2D eigenvalue weighted by Gasteiger charge is -2.15. The number of carboxylic acid groups (broad SMARTS) is 1. The van der Waals surface area contributed by atoms with Gasteiger partial charge in [-0.05, 0) is 38.1 Å². The minimum Gasteiger partial charge on any atom is -0.490 e. The van der Waals surface area contributed by atoms with E-state index in [1.165, 1.54) is 26.1 Å². The van der Waals surface area contributed by atoms with Crippen LogP contribution in [0.25, 0.3) is 10.9 Å². The molecule has 0 amide bonds. The van der Waals surface area contributed by atoms with Crippen LogP contribution in [0.1, 0.15) is 24.2 Å². The van der Waals surface area contributed by atoms with Gasteiger partial charge in [-0.1, -0.05) is 0 Å². The maximum atomic E-state index is 13.4. The molecule has 0 aliphatic heterocycles. The lowest BCUT2D eigenvalue weighted by Crippen LogP contribution is -2.22. The Kier molecular flexibility index (Phi) is 3.38. The van der Waals surface area contributed by atoms with Crippen LogP contribution in [0.2, 0.25) is 0 Å². The van der Waals surface area contributed by atoms with Gasteiger partial charge < -0.3 is 9.84 Å². The first-order valence-electron chi connectivity index (χ1n) is 5.80. The number of pyridine rings is 1. The monoisotopic (exact) mass is 263 g/mol. The molecule has 19 heavy (non-hydrogen) atoms. The average Bonchev–Trinajstić information content (AvgIpc) is 2.34. The van der Waals surface area contributed by atoms with Gasteiger partial charge in [-0.15, -0.1) is 0 Å². The van der Waals surface area contributed by atoms with Crippen molar-refractivity contribution in [2.75, 3.05) is 6.61 Å². The molecule has 1 N–H and O–H groups in total. The van der Waals surface area contributed by atoms with Crippen molar-refractivity contribution in [3.05, 3.63) is 36.0 Å². The van der Waals surface area contributed by atoms with Crippen molar-refractivity contribution in [2.24, 2.45) is 0 Å². The number of nitrogens with zero attached hydrogens (tertiary/aromatic N) is 1. The first-order valence-corrected chi connectivity index (χ1v) is 5.80. The van der Waals surface area contributed by atoms with E-state index in [1.54, 1.807) is 18.2 Å². The summed E-state index contributed by atoms with van der Waals surface area (Å²) in [6.45, 7) is 2.73. The van der Waals surface area contributed by atoms with E-state index < -0.39 is 11.6 Å². The summed E-state index contributed by atoms with van der Waals surface area (Å²) in [5, 5.41) is 9.58. The van der Waals surface area contributed by atoms with E-state index in [0.717, 1.165) is 0 Å². The number of hydrogen-bond acceptors (Lipinski definition) is 3. The van der Waals surface area contributed by atoms with Gasteiger partial charge in [-0.3, -0.25) is 4.98 Å². The molecule has 4 nitrogen and oxygen atoms in total. The van der Waals surface area contributed by atoms with Gasteiger partial charge in [0.1, 0.15) is 18.0 Å². The number of benzene rings is 1. The predicted molar refractivity (Wildman–Crippen MR) is 69.4 cm³/mol. The minimum atomic E-state index is -1.44. The molecule has 1 aromatic heterocycles. The number of hydrogen-bond donors (Lipinski definition) is 1. The molecule has 2 rings (SSSR count). The summed E-state index contributed by atoms with van der Waals surface area (Å²) in [7, 11) is 0. The second kappa shape index (κ2) is 4.84. The summed E-state index contributed by atoms with van der Waals surface area (Å²) in [5.41, 5.74) is -0.735. The van der Waals surface area contributed by atoms with Crippen molar-refractivity contribution in [3.8, 4) is 5.75 Å². The molecule has 0 saturated carbocycles. The Morgan fingerprint density at radius 1 is 1.42 bits per heavy atom. The first-order chi connectivity index (χ1) is 8.87. The number of halogens is 1. The Bertz CT molecular complexity index is 620. The minimum absolute atomic E-state index is 0.0961. The highest BCUT2D eigenvalue weighted by molar-refractivity contribution is 6.02. The Morgan fingerprint density at radius 3 is 2.79 bits per heavy atom. The fourth-order valence-corrected chi connectivity index (χ4v) is 1.66. The Labute approximate surface area is 109 Å². The van der Waals surface area contributed by atoms with Crippen LogP contribution in [0, 0.1) is 0 Å². The van der Waals surface area contributed by atoms with Crippen LogP contribution in [0.4, 0.5) is 4.39 Å². The third-order valence-electron chi connectivity index (χ3n) is 2.53. The number of aromatic nitrogens is 1. The van der Waals surface area contributed by atoms with Crippen LogP contribution >= 0.6 is 0 Å². The van der Waals surface area contributed by atoms with Crippen LogP contribution in [-0.2, 0) is 0 Å². The van der Waals surface area contributed by atoms with E-state index in [-0.39, 0.29) is 12.2 Å². The number of rotatable bonds is 4. The third-order valence-corrected chi connectivity index (χ3v) is 2.53. The normalized spacial score (nSPS) is 11.5. The molecule has 0 bridgehead atoms. The predicted octanol–water partition coefficient (Wildman–Crippen LogP) is 3.06. The molecular weight excluding hydrogens is 249 g/mol. The molecule has 0 radical (unpaired) electrons. The SMILES string of the molecule is CC(C)(F)COc1ccc2nccc(C(=O)O)c2c1. The summed E-state index contributed by atoms with van der Waals surface area (Å²) in [6, 6.07) is 6.29. The molecule has 100 valence electrons. The lowest BCUT2D eigenvalue weighted by atomic mass is 10.1. The lowest BCUT2D eigenvalue weighted by molar-refractivity contribution is 0.0699. The molecule has 1 aromatic carbocycles. The molecule has 0 unspecified atom stereocenters. The quantitative estimate of drug-likeness (QED) is 0.921. The molecular formula is C14H14FNO3. The van der Waals surface area contributed by atoms with Gasteiger partial charge in [0.25, 0.3) is 0 Å². The third kappa shape index (κ3) is 3.19. The molecule has 0 fully saturated rings. The summed E-state index contributed by atoms with van der Waals surface area (Å²) < 4.78 is 18.7. The van der Waals surface area contributed by atoms with Crippen molar-refractivity contribution in [1.82, 2.24) is 4.98 Å². The van der Waals surface area contributed by atoms with E-state index in [2.05, 4.69) is 4.98 Å². The number of fused-ring (bicyclic) bond motifs is 1. The molecule has 2 aromatic rings. The zero-order valence-electron chi connectivity index (χ0n) is 10.7. The second-order valence-electron chi connectivity index (χ2n) is 4.85. The summed E-state index contributed by atoms with van der Waals surface area (Å²) in [4.78, 5) is 15.2. The van der Waals surface area contributed by atoms with Crippen molar-refractivity contribution in [2.45, 2.75) is 19.5 Å². The highest BCUT2D eigenvalue weighted by Gasteiger charge is 2.17. The second-order valence-corrected chi connectivity index (χ2v) is 4.85. The molecule has 1 heterocycles. The number of aromatic carboxylic acids is 1. The van der Waals surface area contributed by atoms with Crippen molar-refractivity contribution in [1.29, 1.82) is 0 Å². The van der Waals surface area contributed by atoms with Gasteiger partial charge >= 0.3 is 5.97 Å².